The van der Waals surface area contributed by atoms with Crippen LogP contribution in [0.15, 0.2) is 57.7 Å². The highest BCUT2D eigenvalue weighted by atomic mass is 16.4. The number of hydrogen-bond donors (Lipinski definition) is 1. The third kappa shape index (κ3) is 3.66. The van der Waals surface area contributed by atoms with Crippen LogP contribution in [0.5, 0.6) is 0 Å². The second-order valence-electron chi connectivity index (χ2n) is 7.53. The maximum absolute atomic E-state index is 12.7. The standard InChI is InChI=1S/C23H22N2O4/c1-14(2)22(27)25-11-5-7-15-9-10-17(13-19(15)25)24-21(26)18-12-16-6-3-4-8-20(16)29-23(18)28/h3-4,6,8-10,12-14H,5,7,11H2,1-2H3,(H,24,26). The first kappa shape index (κ1) is 18.9. The zero-order chi connectivity index (χ0) is 20.5. The molecule has 2 heterocycles. The zero-order valence-electron chi connectivity index (χ0n) is 16.4. The molecule has 1 aromatic heterocycles. The second-order valence-corrected chi connectivity index (χ2v) is 7.53. The summed E-state index contributed by atoms with van der Waals surface area (Å²) in [5, 5.41) is 3.44. The maximum Gasteiger partial charge on any atom is 0.349 e. The van der Waals surface area contributed by atoms with Gasteiger partial charge >= 0.3 is 5.63 Å². The van der Waals surface area contributed by atoms with Crippen LogP contribution in [0, 0.1) is 5.92 Å². The molecule has 0 spiro atoms. The van der Waals surface area contributed by atoms with Crippen LogP contribution >= 0.6 is 0 Å². The topological polar surface area (TPSA) is 79.6 Å². The maximum atomic E-state index is 12.7. The van der Waals surface area contributed by atoms with Gasteiger partial charge in [-0.15, -0.1) is 0 Å². The van der Waals surface area contributed by atoms with Crippen molar-refractivity contribution in [2.75, 3.05) is 16.8 Å². The summed E-state index contributed by atoms with van der Waals surface area (Å²) in [5.74, 6) is -0.590. The zero-order valence-corrected chi connectivity index (χ0v) is 16.4. The lowest BCUT2D eigenvalue weighted by Gasteiger charge is -2.31. The van der Waals surface area contributed by atoms with E-state index in [1.807, 2.05) is 26.0 Å². The van der Waals surface area contributed by atoms with E-state index in [0.717, 1.165) is 24.1 Å². The molecule has 4 rings (SSSR count). The van der Waals surface area contributed by atoms with Gasteiger partial charge in [0.1, 0.15) is 11.1 Å². The van der Waals surface area contributed by atoms with Crippen LogP contribution in [0.25, 0.3) is 11.0 Å². The summed E-state index contributed by atoms with van der Waals surface area (Å²) in [5.41, 5.74) is 2.12. The Balaban J connectivity index is 1.64. The van der Waals surface area contributed by atoms with Crippen molar-refractivity contribution in [2.45, 2.75) is 26.7 Å². The Hall–Kier alpha value is -3.41. The number of nitrogens with one attached hydrogen (secondary N) is 1. The smallest absolute Gasteiger partial charge is 0.349 e. The molecule has 0 fully saturated rings. The molecule has 0 unspecified atom stereocenters. The number of nitrogens with zero attached hydrogens (tertiary/aromatic N) is 1. The number of hydrogen-bond acceptors (Lipinski definition) is 4. The van der Waals surface area contributed by atoms with Gasteiger partial charge < -0.3 is 14.6 Å². The van der Waals surface area contributed by atoms with Gasteiger partial charge in [-0.2, -0.15) is 0 Å². The molecule has 0 bridgehead atoms. The predicted molar refractivity (Wildman–Crippen MR) is 112 cm³/mol. The molecular formula is C23H22N2O4. The molecule has 148 valence electrons. The Bertz CT molecular complexity index is 1160. The number of amides is 2. The van der Waals surface area contributed by atoms with Crippen LogP contribution in [0.1, 0.15) is 36.2 Å². The number of aryl methyl sites for hydroxylation is 1. The predicted octanol–water partition coefficient (Wildman–Crippen LogP) is 3.98. The summed E-state index contributed by atoms with van der Waals surface area (Å²) in [6.07, 6.45) is 1.80. The number of benzene rings is 2. The van der Waals surface area contributed by atoms with Crippen LogP contribution in [0.3, 0.4) is 0 Å². The van der Waals surface area contributed by atoms with Crippen LogP contribution in [-0.2, 0) is 11.2 Å². The fraction of sp³-hybridized carbons (Fsp3) is 0.261. The van der Waals surface area contributed by atoms with Gasteiger partial charge in [0.2, 0.25) is 5.91 Å². The fourth-order valence-corrected chi connectivity index (χ4v) is 3.61. The molecule has 1 N–H and O–H groups in total. The van der Waals surface area contributed by atoms with Crippen molar-refractivity contribution in [3.8, 4) is 0 Å². The van der Waals surface area contributed by atoms with Crippen molar-refractivity contribution in [3.05, 3.63) is 70.1 Å². The quantitative estimate of drug-likeness (QED) is 0.686. The van der Waals surface area contributed by atoms with Gasteiger partial charge in [-0.25, -0.2) is 4.79 Å². The van der Waals surface area contributed by atoms with E-state index in [-0.39, 0.29) is 17.4 Å². The number of anilines is 2. The lowest BCUT2D eigenvalue weighted by Crippen LogP contribution is -2.38. The Morgan fingerprint density at radius 1 is 1.10 bits per heavy atom. The third-order valence-corrected chi connectivity index (χ3v) is 5.11. The molecule has 0 saturated heterocycles. The highest BCUT2D eigenvalue weighted by molar-refractivity contribution is 6.06. The minimum Gasteiger partial charge on any atom is -0.422 e. The Morgan fingerprint density at radius 2 is 1.90 bits per heavy atom. The summed E-state index contributed by atoms with van der Waals surface area (Å²) in [6.45, 7) is 4.41. The summed E-state index contributed by atoms with van der Waals surface area (Å²) >= 11 is 0. The second kappa shape index (κ2) is 7.54. The van der Waals surface area contributed by atoms with Crippen LogP contribution < -0.4 is 15.8 Å². The molecule has 0 radical (unpaired) electrons. The van der Waals surface area contributed by atoms with Crippen molar-refractivity contribution in [2.24, 2.45) is 5.92 Å². The molecular weight excluding hydrogens is 368 g/mol. The lowest BCUT2D eigenvalue weighted by atomic mass is 9.99. The van der Waals surface area contributed by atoms with Crippen molar-refractivity contribution >= 4 is 34.2 Å². The molecule has 2 amide bonds. The number of carbonyl (C=O) groups is 2. The molecule has 29 heavy (non-hydrogen) atoms. The van der Waals surface area contributed by atoms with E-state index in [2.05, 4.69) is 5.32 Å². The van der Waals surface area contributed by atoms with E-state index in [1.54, 1.807) is 35.2 Å². The van der Waals surface area contributed by atoms with Gasteiger partial charge in [0, 0.05) is 29.2 Å². The third-order valence-electron chi connectivity index (χ3n) is 5.11. The lowest BCUT2D eigenvalue weighted by molar-refractivity contribution is -0.121. The molecule has 6 heteroatoms. The van der Waals surface area contributed by atoms with Gasteiger partial charge in [-0.3, -0.25) is 9.59 Å². The first-order chi connectivity index (χ1) is 13.9. The molecule has 0 saturated carbocycles. The Labute approximate surface area is 168 Å². The summed E-state index contributed by atoms with van der Waals surface area (Å²) in [6, 6.07) is 14.1. The van der Waals surface area contributed by atoms with E-state index in [1.165, 1.54) is 6.07 Å². The first-order valence-electron chi connectivity index (χ1n) is 9.72. The van der Waals surface area contributed by atoms with Crippen molar-refractivity contribution in [1.82, 2.24) is 0 Å². The normalized spacial score (nSPS) is 13.4. The monoisotopic (exact) mass is 390 g/mol. The van der Waals surface area contributed by atoms with Crippen LogP contribution in [-0.4, -0.2) is 18.4 Å². The number of fused-ring (bicyclic) bond motifs is 2. The van der Waals surface area contributed by atoms with E-state index in [4.69, 9.17) is 4.42 Å². The van der Waals surface area contributed by atoms with Crippen molar-refractivity contribution in [3.63, 3.8) is 0 Å². The fourth-order valence-electron chi connectivity index (χ4n) is 3.61. The number of para-hydroxylation sites is 1. The van der Waals surface area contributed by atoms with Crippen LogP contribution in [0.4, 0.5) is 11.4 Å². The van der Waals surface area contributed by atoms with Gasteiger partial charge in [-0.1, -0.05) is 38.1 Å². The van der Waals surface area contributed by atoms with Gasteiger partial charge in [0.05, 0.1) is 0 Å². The highest BCUT2D eigenvalue weighted by Crippen LogP contribution is 2.31. The molecule has 6 nitrogen and oxygen atoms in total. The van der Waals surface area contributed by atoms with Crippen LogP contribution in [0.2, 0.25) is 0 Å². The summed E-state index contributed by atoms with van der Waals surface area (Å²) in [7, 11) is 0. The molecule has 1 aliphatic rings. The average Bonchev–Trinajstić information content (AvgIpc) is 2.72. The molecule has 3 aromatic rings. The van der Waals surface area contributed by atoms with Crippen molar-refractivity contribution in [1.29, 1.82) is 0 Å². The highest BCUT2D eigenvalue weighted by Gasteiger charge is 2.25. The number of carbonyl (C=O) groups excluding carboxylic acids is 2. The van der Waals surface area contributed by atoms with Crippen molar-refractivity contribution < 1.29 is 14.0 Å². The summed E-state index contributed by atoms with van der Waals surface area (Å²) in [4.78, 5) is 39.3. The summed E-state index contributed by atoms with van der Waals surface area (Å²) < 4.78 is 5.25. The number of rotatable bonds is 3. The van der Waals surface area contributed by atoms with E-state index >= 15 is 0 Å². The first-order valence-corrected chi connectivity index (χ1v) is 9.72. The molecule has 0 atom stereocenters. The van der Waals surface area contributed by atoms with Gasteiger partial charge in [0.25, 0.3) is 5.91 Å². The van der Waals surface area contributed by atoms with E-state index in [9.17, 15) is 14.4 Å². The molecule has 1 aliphatic heterocycles. The van der Waals surface area contributed by atoms with E-state index in [0.29, 0.717) is 23.2 Å². The average molecular weight is 390 g/mol. The minimum absolute atomic E-state index is 0.0588. The molecule has 2 aromatic carbocycles. The van der Waals surface area contributed by atoms with Gasteiger partial charge in [-0.05, 0) is 42.7 Å². The largest absolute Gasteiger partial charge is 0.422 e. The molecule has 0 aliphatic carbocycles. The Morgan fingerprint density at radius 3 is 2.69 bits per heavy atom. The SMILES string of the molecule is CC(C)C(=O)N1CCCc2ccc(NC(=O)c3cc4ccccc4oc3=O)cc21. The van der Waals surface area contributed by atoms with Gasteiger partial charge in [0.15, 0.2) is 0 Å². The Kier molecular flexibility index (Phi) is 4.92. The van der Waals surface area contributed by atoms with E-state index < -0.39 is 11.5 Å². The minimum atomic E-state index is -0.684.